The van der Waals surface area contributed by atoms with Gasteiger partial charge in [-0.3, -0.25) is 9.69 Å². The maximum Gasteiger partial charge on any atom is 0.231 e. The summed E-state index contributed by atoms with van der Waals surface area (Å²) in [6.45, 7) is 1.67. The van der Waals surface area contributed by atoms with Crippen LogP contribution >= 0.6 is 0 Å². The molecule has 1 aliphatic rings. The zero-order valence-corrected chi connectivity index (χ0v) is 11.3. The van der Waals surface area contributed by atoms with E-state index in [1.54, 1.807) is 0 Å². The van der Waals surface area contributed by atoms with Crippen molar-refractivity contribution in [3.05, 3.63) is 35.4 Å². The quantitative estimate of drug-likeness (QED) is 0.812. The molecule has 4 heteroatoms. The van der Waals surface area contributed by atoms with E-state index in [1.165, 1.54) is 31.2 Å². The topological polar surface area (TPSA) is 72.3 Å². The molecular weight excluding hydrogens is 238 g/mol. The monoisotopic (exact) mass is 261 g/mol. The average molecular weight is 261 g/mol. The zero-order valence-electron chi connectivity index (χ0n) is 11.3. The van der Waals surface area contributed by atoms with Gasteiger partial charge in [-0.05, 0) is 24.0 Å². The fraction of sp³-hybridized carbons (Fsp3) is 0.533. The summed E-state index contributed by atoms with van der Waals surface area (Å²) in [6.07, 6.45) is 4.85. The molecule has 1 aromatic carbocycles. The number of nitrogens with two attached hydrogens (primary N) is 2. The number of hydrogen-bond acceptors (Lipinski definition) is 3. The highest BCUT2D eigenvalue weighted by Gasteiger charge is 2.23. The maximum absolute atomic E-state index is 11.2. The summed E-state index contributed by atoms with van der Waals surface area (Å²) < 4.78 is 0. The second-order valence-corrected chi connectivity index (χ2v) is 5.33. The van der Waals surface area contributed by atoms with Crippen LogP contribution in [0.3, 0.4) is 0 Å². The van der Waals surface area contributed by atoms with Crippen LogP contribution in [0.1, 0.15) is 36.8 Å². The van der Waals surface area contributed by atoms with Gasteiger partial charge in [0.15, 0.2) is 0 Å². The maximum atomic E-state index is 11.2. The smallest absolute Gasteiger partial charge is 0.231 e. The highest BCUT2D eigenvalue weighted by atomic mass is 16.1. The van der Waals surface area contributed by atoms with Gasteiger partial charge in [-0.15, -0.1) is 0 Å². The molecule has 0 aliphatic heterocycles. The first-order valence-corrected chi connectivity index (χ1v) is 6.99. The van der Waals surface area contributed by atoms with Gasteiger partial charge >= 0.3 is 0 Å². The number of nitrogens with zero attached hydrogens (tertiary/aromatic N) is 1. The van der Waals surface area contributed by atoms with E-state index in [2.05, 4.69) is 17.0 Å². The molecule has 1 saturated carbocycles. The molecule has 0 spiro atoms. The first-order chi connectivity index (χ1) is 9.19. The van der Waals surface area contributed by atoms with E-state index in [9.17, 15) is 4.79 Å². The van der Waals surface area contributed by atoms with Gasteiger partial charge in [-0.1, -0.05) is 37.1 Å². The third-order valence-corrected chi connectivity index (χ3v) is 3.81. The Morgan fingerprint density at radius 2 is 1.95 bits per heavy atom. The minimum absolute atomic E-state index is 0.248. The summed E-state index contributed by atoms with van der Waals surface area (Å²) in [5.74, 6) is -0.248. The molecule has 1 aromatic rings. The molecule has 0 atom stereocenters. The van der Waals surface area contributed by atoms with Crippen LogP contribution in [0.4, 0.5) is 0 Å². The van der Waals surface area contributed by atoms with Crippen LogP contribution < -0.4 is 11.5 Å². The summed E-state index contributed by atoms with van der Waals surface area (Å²) in [6, 6.07) is 8.74. The summed E-state index contributed by atoms with van der Waals surface area (Å²) in [5.41, 5.74) is 13.4. The van der Waals surface area contributed by atoms with Crippen molar-refractivity contribution >= 4 is 5.91 Å². The molecule has 0 heterocycles. The zero-order chi connectivity index (χ0) is 13.7. The van der Waals surface area contributed by atoms with Crippen LogP contribution in [0, 0.1) is 0 Å². The molecule has 0 bridgehead atoms. The minimum Gasteiger partial charge on any atom is -0.369 e. The Morgan fingerprint density at radius 3 is 2.58 bits per heavy atom. The molecule has 1 fully saturated rings. The van der Waals surface area contributed by atoms with Crippen LogP contribution in [0.25, 0.3) is 0 Å². The Morgan fingerprint density at radius 1 is 1.26 bits per heavy atom. The molecule has 0 unspecified atom stereocenters. The molecule has 104 valence electrons. The molecule has 4 N–H and O–H groups in total. The van der Waals surface area contributed by atoms with E-state index < -0.39 is 0 Å². The number of amides is 1. The minimum atomic E-state index is -0.248. The summed E-state index contributed by atoms with van der Waals surface area (Å²) in [4.78, 5) is 13.5. The average Bonchev–Trinajstić information content (AvgIpc) is 2.91. The number of rotatable bonds is 6. The SMILES string of the molecule is NCc1cccc(CN(CC(N)=O)C2CCCC2)c1. The van der Waals surface area contributed by atoms with Crippen molar-refractivity contribution in [3.63, 3.8) is 0 Å². The fourth-order valence-electron chi connectivity index (χ4n) is 2.87. The van der Waals surface area contributed by atoms with Crippen molar-refractivity contribution in [2.24, 2.45) is 11.5 Å². The Kier molecular flexibility index (Phi) is 4.93. The van der Waals surface area contributed by atoms with Crippen LogP contribution in [0.15, 0.2) is 24.3 Å². The van der Waals surface area contributed by atoms with Crippen LogP contribution in [-0.2, 0) is 17.9 Å². The summed E-state index contributed by atoms with van der Waals surface area (Å²) >= 11 is 0. The molecule has 2 rings (SSSR count). The Bertz CT molecular complexity index is 427. The Labute approximate surface area is 114 Å². The number of benzene rings is 1. The van der Waals surface area contributed by atoms with E-state index in [1.807, 2.05) is 12.1 Å². The van der Waals surface area contributed by atoms with Gasteiger partial charge in [0.1, 0.15) is 0 Å². The van der Waals surface area contributed by atoms with Gasteiger partial charge in [0.25, 0.3) is 0 Å². The predicted octanol–water partition coefficient (Wildman–Crippen LogP) is 1.38. The standard InChI is InChI=1S/C15H23N3O/c16-9-12-4-3-5-13(8-12)10-18(11-15(17)19)14-6-1-2-7-14/h3-5,8,14H,1-2,6-7,9-11,16H2,(H2,17,19). The summed E-state index contributed by atoms with van der Waals surface area (Å²) in [5, 5.41) is 0. The third-order valence-electron chi connectivity index (χ3n) is 3.81. The molecule has 0 radical (unpaired) electrons. The van der Waals surface area contributed by atoms with E-state index in [0.29, 0.717) is 19.1 Å². The van der Waals surface area contributed by atoms with Gasteiger partial charge < -0.3 is 11.5 Å². The van der Waals surface area contributed by atoms with E-state index in [-0.39, 0.29) is 5.91 Å². The number of carbonyl (C=O) groups excluding carboxylic acids is 1. The highest BCUT2D eigenvalue weighted by Crippen LogP contribution is 2.24. The number of carbonyl (C=O) groups is 1. The lowest BCUT2D eigenvalue weighted by atomic mass is 10.1. The Hall–Kier alpha value is -1.39. The van der Waals surface area contributed by atoms with Crippen molar-refractivity contribution in [1.82, 2.24) is 4.90 Å². The molecule has 0 saturated heterocycles. The van der Waals surface area contributed by atoms with Crippen LogP contribution in [0.2, 0.25) is 0 Å². The lowest BCUT2D eigenvalue weighted by Crippen LogP contribution is -2.39. The lowest BCUT2D eigenvalue weighted by molar-refractivity contribution is -0.119. The van der Waals surface area contributed by atoms with Gasteiger partial charge in [0.05, 0.1) is 6.54 Å². The van der Waals surface area contributed by atoms with Crippen molar-refractivity contribution in [3.8, 4) is 0 Å². The van der Waals surface area contributed by atoms with Crippen molar-refractivity contribution in [2.75, 3.05) is 6.54 Å². The molecule has 0 aromatic heterocycles. The second kappa shape index (κ2) is 6.68. The van der Waals surface area contributed by atoms with Gasteiger partial charge in [0, 0.05) is 19.1 Å². The van der Waals surface area contributed by atoms with Crippen molar-refractivity contribution < 1.29 is 4.79 Å². The third kappa shape index (κ3) is 4.04. The first-order valence-electron chi connectivity index (χ1n) is 6.99. The van der Waals surface area contributed by atoms with Gasteiger partial charge in [0.2, 0.25) is 5.91 Å². The van der Waals surface area contributed by atoms with Crippen LogP contribution in [-0.4, -0.2) is 23.4 Å². The van der Waals surface area contributed by atoms with E-state index in [0.717, 1.165) is 12.1 Å². The predicted molar refractivity (Wildman–Crippen MR) is 76.2 cm³/mol. The number of primary amides is 1. The lowest BCUT2D eigenvalue weighted by Gasteiger charge is -2.27. The molecular formula is C15H23N3O. The first kappa shape index (κ1) is 14.0. The second-order valence-electron chi connectivity index (χ2n) is 5.33. The largest absolute Gasteiger partial charge is 0.369 e. The van der Waals surface area contributed by atoms with Gasteiger partial charge in [-0.2, -0.15) is 0 Å². The molecule has 1 aliphatic carbocycles. The number of hydrogen-bond donors (Lipinski definition) is 2. The highest BCUT2D eigenvalue weighted by molar-refractivity contribution is 5.76. The molecule has 4 nitrogen and oxygen atoms in total. The van der Waals surface area contributed by atoms with E-state index >= 15 is 0 Å². The summed E-state index contributed by atoms with van der Waals surface area (Å²) in [7, 11) is 0. The van der Waals surface area contributed by atoms with Crippen LogP contribution in [0.5, 0.6) is 0 Å². The molecule has 1 amide bonds. The fourth-order valence-corrected chi connectivity index (χ4v) is 2.87. The molecule has 19 heavy (non-hydrogen) atoms. The van der Waals surface area contributed by atoms with E-state index in [4.69, 9.17) is 11.5 Å². The normalized spacial score (nSPS) is 16.1. The van der Waals surface area contributed by atoms with Crippen molar-refractivity contribution in [2.45, 2.75) is 44.8 Å². The van der Waals surface area contributed by atoms with Gasteiger partial charge in [-0.25, -0.2) is 0 Å². The Balaban J connectivity index is 2.07. The van der Waals surface area contributed by atoms with Crippen molar-refractivity contribution in [1.29, 1.82) is 0 Å².